The van der Waals surface area contributed by atoms with E-state index in [1.807, 2.05) is 0 Å². The van der Waals surface area contributed by atoms with E-state index in [4.69, 9.17) is 27.9 Å². The van der Waals surface area contributed by atoms with Crippen molar-refractivity contribution in [2.45, 2.75) is 13.5 Å². The summed E-state index contributed by atoms with van der Waals surface area (Å²) < 4.78 is 34.2. The zero-order chi connectivity index (χ0) is 20.4. The number of aromatic nitrogens is 1. The molecular weight excluding hydrogens is 433 g/mol. The fraction of sp³-hybridized carbons (Fsp3) is 0.167. The normalized spacial score (nSPS) is 11.8. The van der Waals surface area contributed by atoms with Gasteiger partial charge in [-0.2, -0.15) is 4.99 Å². The molecule has 1 heterocycles. The fourth-order valence-electron chi connectivity index (χ4n) is 2.53. The second kappa shape index (κ2) is 8.38. The minimum absolute atomic E-state index is 0.00801. The summed E-state index contributed by atoms with van der Waals surface area (Å²) in [6.45, 7) is 1.37. The molecule has 0 spiro atoms. The third-order valence-electron chi connectivity index (χ3n) is 3.59. The molecule has 3 aromatic rings. The van der Waals surface area contributed by atoms with Crippen molar-refractivity contribution in [1.29, 1.82) is 0 Å². The summed E-state index contributed by atoms with van der Waals surface area (Å²) in [5, 5.41) is 0.491. The van der Waals surface area contributed by atoms with Crippen LogP contribution in [-0.4, -0.2) is 23.1 Å². The Hall–Kier alpha value is -2.29. The van der Waals surface area contributed by atoms with Crippen LogP contribution in [0.1, 0.15) is 17.3 Å². The van der Waals surface area contributed by atoms with Crippen LogP contribution in [0.3, 0.4) is 0 Å². The number of rotatable bonds is 4. The number of hydrogen-bond donors (Lipinski definition) is 0. The zero-order valence-corrected chi connectivity index (χ0v) is 16.7. The fourth-order valence-corrected chi connectivity index (χ4v) is 4.12. The molecule has 0 atom stereocenters. The van der Waals surface area contributed by atoms with E-state index in [2.05, 4.69) is 4.99 Å². The number of thiazole rings is 1. The quantitative estimate of drug-likeness (QED) is 0.552. The Labute approximate surface area is 171 Å². The molecule has 0 fully saturated rings. The van der Waals surface area contributed by atoms with Gasteiger partial charge in [-0.25, -0.2) is 8.78 Å². The number of benzene rings is 2. The van der Waals surface area contributed by atoms with E-state index < -0.39 is 30.1 Å². The van der Waals surface area contributed by atoms with Gasteiger partial charge in [-0.05, 0) is 31.2 Å². The SMILES string of the molecule is CCOC(=O)Cn1c(=NC(=O)c2cc(Cl)cc(Cl)c2)sc2cc(F)cc(F)c21. The number of hydrogen-bond acceptors (Lipinski definition) is 4. The van der Waals surface area contributed by atoms with E-state index in [1.54, 1.807) is 6.92 Å². The van der Waals surface area contributed by atoms with E-state index in [9.17, 15) is 18.4 Å². The number of ether oxygens (including phenoxy) is 1. The van der Waals surface area contributed by atoms with Gasteiger partial charge in [-0.15, -0.1) is 0 Å². The van der Waals surface area contributed by atoms with Crippen molar-refractivity contribution < 1.29 is 23.1 Å². The summed E-state index contributed by atoms with van der Waals surface area (Å²) in [4.78, 5) is 28.4. The lowest BCUT2D eigenvalue weighted by molar-refractivity contribution is -0.143. The minimum Gasteiger partial charge on any atom is -0.465 e. The molecule has 1 aromatic heterocycles. The molecule has 0 saturated carbocycles. The molecule has 0 saturated heterocycles. The van der Waals surface area contributed by atoms with Gasteiger partial charge in [0.15, 0.2) is 10.6 Å². The summed E-state index contributed by atoms with van der Waals surface area (Å²) in [6, 6.07) is 6.01. The van der Waals surface area contributed by atoms with Crippen molar-refractivity contribution in [1.82, 2.24) is 4.57 Å². The van der Waals surface area contributed by atoms with Crippen LogP contribution in [0.2, 0.25) is 10.0 Å². The lowest BCUT2D eigenvalue weighted by atomic mass is 10.2. The van der Waals surface area contributed by atoms with Gasteiger partial charge in [0.25, 0.3) is 5.91 Å². The minimum atomic E-state index is -0.879. The number of fused-ring (bicyclic) bond motifs is 1. The molecule has 0 bridgehead atoms. The van der Waals surface area contributed by atoms with Gasteiger partial charge in [0.1, 0.15) is 12.4 Å². The molecule has 0 aliphatic heterocycles. The molecular formula is C18H12Cl2F2N2O3S. The Kier molecular flexibility index (Phi) is 6.12. The van der Waals surface area contributed by atoms with E-state index in [1.165, 1.54) is 22.8 Å². The Morgan fingerprint density at radius 3 is 2.46 bits per heavy atom. The maximum atomic E-state index is 14.4. The van der Waals surface area contributed by atoms with Crippen LogP contribution in [0, 0.1) is 11.6 Å². The standard InChI is InChI=1S/C18H12Cl2F2N2O3S/c1-2-27-15(25)8-24-16-13(22)6-12(21)7-14(16)28-18(24)23-17(26)9-3-10(19)5-11(20)4-9/h3-7H,2,8H2,1H3. The molecule has 146 valence electrons. The van der Waals surface area contributed by atoms with Crippen molar-refractivity contribution in [3.05, 3.63) is 62.4 Å². The van der Waals surface area contributed by atoms with E-state index in [0.29, 0.717) is 6.07 Å². The maximum Gasteiger partial charge on any atom is 0.326 e. The molecule has 1 amide bonds. The summed E-state index contributed by atoms with van der Waals surface area (Å²) >= 11 is 12.7. The molecule has 0 unspecified atom stereocenters. The highest BCUT2D eigenvalue weighted by Gasteiger charge is 2.17. The largest absolute Gasteiger partial charge is 0.465 e. The Morgan fingerprint density at radius 1 is 1.14 bits per heavy atom. The maximum absolute atomic E-state index is 14.4. The molecule has 2 aromatic carbocycles. The monoisotopic (exact) mass is 444 g/mol. The molecule has 28 heavy (non-hydrogen) atoms. The van der Waals surface area contributed by atoms with Crippen LogP contribution in [0.4, 0.5) is 8.78 Å². The highest BCUT2D eigenvalue weighted by atomic mass is 35.5. The lowest BCUT2D eigenvalue weighted by Gasteiger charge is -2.06. The molecule has 0 radical (unpaired) electrons. The van der Waals surface area contributed by atoms with Crippen LogP contribution in [0.15, 0.2) is 35.3 Å². The molecule has 0 aliphatic rings. The van der Waals surface area contributed by atoms with Crippen molar-refractivity contribution in [3.8, 4) is 0 Å². The van der Waals surface area contributed by atoms with Crippen molar-refractivity contribution in [3.63, 3.8) is 0 Å². The second-order valence-electron chi connectivity index (χ2n) is 5.59. The third kappa shape index (κ3) is 4.40. The summed E-state index contributed by atoms with van der Waals surface area (Å²) in [5.41, 5.74) is 0.0689. The number of nitrogens with zero attached hydrogens (tertiary/aromatic N) is 2. The first-order chi connectivity index (χ1) is 13.3. The van der Waals surface area contributed by atoms with E-state index in [0.717, 1.165) is 17.4 Å². The molecule has 5 nitrogen and oxygen atoms in total. The first-order valence-electron chi connectivity index (χ1n) is 7.97. The topological polar surface area (TPSA) is 60.7 Å². The van der Waals surface area contributed by atoms with E-state index >= 15 is 0 Å². The first-order valence-corrected chi connectivity index (χ1v) is 9.55. The second-order valence-corrected chi connectivity index (χ2v) is 7.47. The van der Waals surface area contributed by atoms with Crippen LogP contribution < -0.4 is 4.80 Å². The Balaban J connectivity index is 2.18. The van der Waals surface area contributed by atoms with Gasteiger partial charge < -0.3 is 9.30 Å². The molecule has 3 rings (SSSR count). The summed E-state index contributed by atoms with van der Waals surface area (Å²) in [7, 11) is 0. The van der Waals surface area contributed by atoms with E-state index in [-0.39, 0.29) is 37.2 Å². The van der Waals surface area contributed by atoms with Crippen molar-refractivity contribution in [2.75, 3.05) is 6.61 Å². The molecule has 0 aliphatic carbocycles. The lowest BCUT2D eigenvalue weighted by Crippen LogP contribution is -2.23. The van der Waals surface area contributed by atoms with Gasteiger partial charge in [0.05, 0.1) is 16.8 Å². The average Bonchev–Trinajstić information content (AvgIpc) is 2.91. The zero-order valence-electron chi connectivity index (χ0n) is 14.3. The number of carbonyl (C=O) groups is 2. The Bertz CT molecular complexity index is 1140. The molecule has 10 heteroatoms. The highest BCUT2D eigenvalue weighted by Crippen LogP contribution is 2.23. The average molecular weight is 445 g/mol. The number of halogens is 4. The van der Waals surface area contributed by atoms with Gasteiger partial charge in [0, 0.05) is 21.7 Å². The number of esters is 1. The predicted octanol–water partition coefficient (Wildman–Crippen LogP) is 4.59. The van der Waals surface area contributed by atoms with Crippen LogP contribution in [-0.2, 0) is 16.1 Å². The van der Waals surface area contributed by atoms with Gasteiger partial charge in [-0.3, -0.25) is 9.59 Å². The predicted molar refractivity (Wildman–Crippen MR) is 103 cm³/mol. The smallest absolute Gasteiger partial charge is 0.326 e. The van der Waals surface area contributed by atoms with Gasteiger partial charge in [0.2, 0.25) is 0 Å². The summed E-state index contributed by atoms with van der Waals surface area (Å²) in [6.07, 6.45) is 0. The number of carbonyl (C=O) groups excluding carboxylic acids is 2. The van der Waals surface area contributed by atoms with Crippen molar-refractivity contribution >= 4 is 56.6 Å². The highest BCUT2D eigenvalue weighted by molar-refractivity contribution is 7.16. The summed E-state index contributed by atoms with van der Waals surface area (Å²) in [5.74, 6) is -3.01. The third-order valence-corrected chi connectivity index (χ3v) is 5.06. The Morgan fingerprint density at radius 2 is 1.82 bits per heavy atom. The van der Waals surface area contributed by atoms with Crippen molar-refractivity contribution in [2.24, 2.45) is 4.99 Å². The van der Waals surface area contributed by atoms with Gasteiger partial charge >= 0.3 is 5.97 Å². The van der Waals surface area contributed by atoms with Crippen LogP contribution in [0.5, 0.6) is 0 Å². The first kappa shape index (κ1) is 20.4. The van der Waals surface area contributed by atoms with Crippen LogP contribution in [0.25, 0.3) is 10.2 Å². The van der Waals surface area contributed by atoms with Crippen LogP contribution >= 0.6 is 34.5 Å². The van der Waals surface area contributed by atoms with Gasteiger partial charge in [-0.1, -0.05) is 34.5 Å². The number of amides is 1. The molecule has 0 N–H and O–H groups in total.